The van der Waals surface area contributed by atoms with Crippen molar-refractivity contribution < 1.29 is 13.6 Å². The number of hydrogen-bond acceptors (Lipinski definition) is 2. The molecule has 2 atom stereocenters. The first-order valence-electron chi connectivity index (χ1n) is 7.01. The second kappa shape index (κ2) is 8.29. The second-order valence-corrected chi connectivity index (χ2v) is 5.49. The van der Waals surface area contributed by atoms with E-state index in [-0.39, 0.29) is 36.3 Å². The van der Waals surface area contributed by atoms with Gasteiger partial charge < -0.3 is 11.1 Å². The standard InChI is InChI=1S/C15H20F2N2O.ClH/c16-13-6-2-4-11(15(13)17)8-14(20)19-9-10-3-1-5-12(18)7-10;/h2,4,6,10,12H,1,3,5,7-9,18H2,(H,19,20);1H. The van der Waals surface area contributed by atoms with Crippen LogP contribution in [0.2, 0.25) is 0 Å². The summed E-state index contributed by atoms with van der Waals surface area (Å²) >= 11 is 0. The Morgan fingerprint density at radius 3 is 2.81 bits per heavy atom. The van der Waals surface area contributed by atoms with E-state index in [9.17, 15) is 13.6 Å². The van der Waals surface area contributed by atoms with Crippen molar-refractivity contribution in [2.24, 2.45) is 11.7 Å². The molecule has 2 unspecified atom stereocenters. The molecule has 0 heterocycles. The van der Waals surface area contributed by atoms with Crippen molar-refractivity contribution in [3.8, 4) is 0 Å². The van der Waals surface area contributed by atoms with E-state index < -0.39 is 11.6 Å². The van der Waals surface area contributed by atoms with Gasteiger partial charge in [0, 0.05) is 18.2 Å². The van der Waals surface area contributed by atoms with Crippen LogP contribution < -0.4 is 11.1 Å². The van der Waals surface area contributed by atoms with Gasteiger partial charge in [-0.3, -0.25) is 4.79 Å². The Hall–Kier alpha value is -1.20. The van der Waals surface area contributed by atoms with Gasteiger partial charge in [0.2, 0.25) is 5.91 Å². The molecule has 0 bridgehead atoms. The third-order valence-corrected chi connectivity index (χ3v) is 3.79. The molecule has 1 fully saturated rings. The minimum absolute atomic E-state index is 0. The van der Waals surface area contributed by atoms with Gasteiger partial charge in [-0.2, -0.15) is 0 Å². The average Bonchev–Trinajstić information content (AvgIpc) is 2.42. The number of halogens is 3. The molecule has 0 radical (unpaired) electrons. The molecule has 1 aromatic carbocycles. The minimum atomic E-state index is -0.942. The topological polar surface area (TPSA) is 55.1 Å². The lowest BCUT2D eigenvalue weighted by atomic mass is 9.86. The highest BCUT2D eigenvalue weighted by Gasteiger charge is 2.20. The van der Waals surface area contributed by atoms with Crippen LogP contribution in [0.25, 0.3) is 0 Å². The maximum absolute atomic E-state index is 13.4. The van der Waals surface area contributed by atoms with Crippen molar-refractivity contribution in [2.75, 3.05) is 6.54 Å². The maximum Gasteiger partial charge on any atom is 0.224 e. The van der Waals surface area contributed by atoms with Crippen LogP contribution in [0.5, 0.6) is 0 Å². The number of rotatable bonds is 4. The molecule has 3 N–H and O–H groups in total. The summed E-state index contributed by atoms with van der Waals surface area (Å²) in [5, 5.41) is 2.78. The fraction of sp³-hybridized carbons (Fsp3) is 0.533. The van der Waals surface area contributed by atoms with Crippen LogP contribution >= 0.6 is 12.4 Å². The van der Waals surface area contributed by atoms with Crippen LogP contribution in [-0.2, 0) is 11.2 Å². The molecular formula is C15H21ClF2N2O. The lowest BCUT2D eigenvalue weighted by molar-refractivity contribution is -0.120. The molecule has 2 rings (SSSR count). The molecular weight excluding hydrogens is 298 g/mol. The number of benzene rings is 1. The molecule has 0 aromatic heterocycles. The number of carbonyl (C=O) groups excluding carboxylic acids is 1. The van der Waals surface area contributed by atoms with Crippen molar-refractivity contribution >= 4 is 18.3 Å². The number of amides is 1. The third kappa shape index (κ3) is 5.25. The average molecular weight is 319 g/mol. The van der Waals surface area contributed by atoms with Gasteiger partial charge in [0.15, 0.2) is 11.6 Å². The Labute approximate surface area is 129 Å². The number of nitrogens with one attached hydrogen (secondary N) is 1. The lowest BCUT2D eigenvalue weighted by Crippen LogP contribution is -2.36. The minimum Gasteiger partial charge on any atom is -0.356 e. The van der Waals surface area contributed by atoms with E-state index in [0.717, 1.165) is 31.7 Å². The molecule has 21 heavy (non-hydrogen) atoms. The molecule has 3 nitrogen and oxygen atoms in total. The van der Waals surface area contributed by atoms with Crippen LogP contribution in [0.1, 0.15) is 31.2 Å². The van der Waals surface area contributed by atoms with E-state index in [4.69, 9.17) is 5.73 Å². The van der Waals surface area contributed by atoms with Crippen LogP contribution in [0.4, 0.5) is 8.78 Å². The fourth-order valence-electron chi connectivity index (χ4n) is 2.70. The molecule has 0 saturated heterocycles. The van der Waals surface area contributed by atoms with E-state index in [1.165, 1.54) is 12.1 Å². The summed E-state index contributed by atoms with van der Waals surface area (Å²) in [6, 6.07) is 4.09. The summed E-state index contributed by atoms with van der Waals surface area (Å²) in [5.41, 5.74) is 5.97. The predicted molar refractivity (Wildman–Crippen MR) is 80.3 cm³/mol. The maximum atomic E-state index is 13.4. The molecule has 118 valence electrons. The highest BCUT2D eigenvalue weighted by atomic mass is 35.5. The second-order valence-electron chi connectivity index (χ2n) is 5.49. The summed E-state index contributed by atoms with van der Waals surface area (Å²) in [7, 11) is 0. The zero-order chi connectivity index (χ0) is 14.5. The summed E-state index contributed by atoms with van der Waals surface area (Å²) < 4.78 is 26.5. The normalized spacial score (nSPS) is 21.5. The van der Waals surface area contributed by atoms with E-state index in [1.54, 1.807) is 0 Å². The summed E-state index contributed by atoms with van der Waals surface area (Å²) in [4.78, 5) is 11.8. The molecule has 0 aliphatic heterocycles. The van der Waals surface area contributed by atoms with Crippen LogP contribution in [0.15, 0.2) is 18.2 Å². The Morgan fingerprint density at radius 1 is 1.33 bits per heavy atom. The van der Waals surface area contributed by atoms with E-state index in [0.29, 0.717) is 12.5 Å². The largest absolute Gasteiger partial charge is 0.356 e. The van der Waals surface area contributed by atoms with Crippen LogP contribution in [0.3, 0.4) is 0 Å². The van der Waals surface area contributed by atoms with E-state index in [1.807, 2.05) is 0 Å². The van der Waals surface area contributed by atoms with Gasteiger partial charge in [-0.1, -0.05) is 18.6 Å². The molecule has 0 spiro atoms. The smallest absolute Gasteiger partial charge is 0.224 e. The molecule has 1 aliphatic carbocycles. The highest BCUT2D eigenvalue weighted by Crippen LogP contribution is 2.22. The molecule has 6 heteroatoms. The lowest BCUT2D eigenvalue weighted by Gasteiger charge is -2.26. The zero-order valence-electron chi connectivity index (χ0n) is 11.8. The van der Waals surface area contributed by atoms with Gasteiger partial charge in [0.05, 0.1) is 6.42 Å². The Morgan fingerprint density at radius 2 is 2.10 bits per heavy atom. The van der Waals surface area contributed by atoms with E-state index in [2.05, 4.69) is 5.32 Å². The van der Waals surface area contributed by atoms with Crippen molar-refractivity contribution in [2.45, 2.75) is 38.1 Å². The van der Waals surface area contributed by atoms with Gasteiger partial charge >= 0.3 is 0 Å². The van der Waals surface area contributed by atoms with E-state index >= 15 is 0 Å². The highest BCUT2D eigenvalue weighted by molar-refractivity contribution is 5.85. The quantitative estimate of drug-likeness (QED) is 0.896. The molecule has 1 saturated carbocycles. The zero-order valence-corrected chi connectivity index (χ0v) is 12.6. The molecule has 1 aliphatic rings. The number of hydrogen-bond donors (Lipinski definition) is 2. The Balaban J connectivity index is 0.00000220. The number of carbonyl (C=O) groups is 1. The van der Waals surface area contributed by atoms with Gasteiger partial charge in [-0.15, -0.1) is 12.4 Å². The summed E-state index contributed by atoms with van der Waals surface area (Å²) in [6.45, 7) is 0.559. The summed E-state index contributed by atoms with van der Waals surface area (Å²) in [5.74, 6) is -1.76. The molecule has 1 aromatic rings. The van der Waals surface area contributed by atoms with Crippen LogP contribution in [-0.4, -0.2) is 18.5 Å². The first-order valence-corrected chi connectivity index (χ1v) is 7.01. The monoisotopic (exact) mass is 318 g/mol. The van der Waals surface area contributed by atoms with Crippen molar-refractivity contribution in [3.05, 3.63) is 35.4 Å². The van der Waals surface area contributed by atoms with Crippen molar-refractivity contribution in [3.63, 3.8) is 0 Å². The third-order valence-electron chi connectivity index (χ3n) is 3.79. The predicted octanol–water partition coefficient (Wildman–Crippen LogP) is 2.56. The van der Waals surface area contributed by atoms with Crippen molar-refractivity contribution in [1.82, 2.24) is 5.32 Å². The van der Waals surface area contributed by atoms with Crippen molar-refractivity contribution in [1.29, 1.82) is 0 Å². The summed E-state index contributed by atoms with van der Waals surface area (Å²) in [6.07, 6.45) is 3.96. The Kier molecular flexibility index (Phi) is 7.05. The van der Waals surface area contributed by atoms with Gasteiger partial charge in [-0.25, -0.2) is 8.78 Å². The molecule has 1 amide bonds. The first-order chi connectivity index (χ1) is 9.56. The van der Waals surface area contributed by atoms with Gasteiger partial charge in [-0.05, 0) is 31.2 Å². The van der Waals surface area contributed by atoms with Gasteiger partial charge in [0.1, 0.15) is 0 Å². The Bertz CT molecular complexity index is 485. The fourth-order valence-corrected chi connectivity index (χ4v) is 2.70. The first kappa shape index (κ1) is 17.9. The SMILES string of the molecule is Cl.NC1CCCC(CNC(=O)Cc2cccc(F)c2F)C1. The number of nitrogens with two attached hydrogens (primary N) is 1. The van der Waals surface area contributed by atoms with Gasteiger partial charge in [0.25, 0.3) is 0 Å². The van der Waals surface area contributed by atoms with Crippen LogP contribution in [0, 0.1) is 17.6 Å².